The van der Waals surface area contributed by atoms with Crippen molar-refractivity contribution in [1.29, 1.82) is 0 Å². The standard InChI is InChI=1S/C14H13BrN2O2/c1-19-14-12(3-2-8-16-14)17-13(18)11-6-4-10(9-15)5-7-11/h2-8H,9H2,1H3,(H,17,18). The lowest BCUT2D eigenvalue weighted by atomic mass is 10.1. The summed E-state index contributed by atoms with van der Waals surface area (Å²) < 4.78 is 5.09. The van der Waals surface area contributed by atoms with Crippen molar-refractivity contribution < 1.29 is 9.53 Å². The fourth-order valence-corrected chi connectivity index (χ4v) is 1.96. The van der Waals surface area contributed by atoms with Crippen LogP contribution in [-0.2, 0) is 5.33 Å². The Morgan fingerprint density at radius 2 is 2.05 bits per heavy atom. The highest BCUT2D eigenvalue weighted by molar-refractivity contribution is 9.08. The number of ether oxygens (including phenoxy) is 1. The molecular weight excluding hydrogens is 308 g/mol. The molecule has 2 rings (SSSR count). The Kier molecular flexibility index (Phi) is 4.52. The van der Waals surface area contributed by atoms with Crippen molar-refractivity contribution in [1.82, 2.24) is 4.98 Å². The van der Waals surface area contributed by atoms with E-state index in [0.717, 1.165) is 10.9 Å². The number of hydrogen-bond donors (Lipinski definition) is 1. The van der Waals surface area contributed by atoms with Gasteiger partial charge in [-0.25, -0.2) is 4.98 Å². The smallest absolute Gasteiger partial charge is 0.255 e. The third-order valence-corrected chi connectivity index (χ3v) is 3.23. The number of pyridine rings is 1. The molecule has 0 bridgehead atoms. The molecule has 4 nitrogen and oxygen atoms in total. The molecule has 0 spiro atoms. The molecule has 0 unspecified atom stereocenters. The number of anilines is 1. The van der Waals surface area contributed by atoms with E-state index >= 15 is 0 Å². The molecule has 0 saturated carbocycles. The van der Waals surface area contributed by atoms with Crippen molar-refractivity contribution in [2.45, 2.75) is 5.33 Å². The molecule has 0 aliphatic rings. The summed E-state index contributed by atoms with van der Waals surface area (Å²) in [4.78, 5) is 16.1. The molecule has 0 saturated heterocycles. The first kappa shape index (κ1) is 13.5. The van der Waals surface area contributed by atoms with Gasteiger partial charge in [0.05, 0.1) is 7.11 Å². The average Bonchev–Trinajstić information content (AvgIpc) is 2.48. The summed E-state index contributed by atoms with van der Waals surface area (Å²) >= 11 is 3.37. The molecule has 1 heterocycles. The summed E-state index contributed by atoms with van der Waals surface area (Å²) in [5.74, 6) is 0.209. The number of methoxy groups -OCH3 is 1. The van der Waals surface area contributed by atoms with Crippen molar-refractivity contribution in [3.05, 3.63) is 53.7 Å². The predicted molar refractivity (Wildman–Crippen MR) is 77.8 cm³/mol. The molecule has 19 heavy (non-hydrogen) atoms. The highest BCUT2D eigenvalue weighted by Gasteiger charge is 2.09. The third kappa shape index (κ3) is 3.32. The van der Waals surface area contributed by atoms with E-state index in [9.17, 15) is 4.79 Å². The van der Waals surface area contributed by atoms with Crippen LogP contribution in [0.5, 0.6) is 5.88 Å². The number of carbonyl (C=O) groups is 1. The number of alkyl halides is 1. The molecule has 0 fully saturated rings. The van der Waals surface area contributed by atoms with Gasteiger partial charge in [0.1, 0.15) is 5.69 Å². The topological polar surface area (TPSA) is 51.2 Å². The summed E-state index contributed by atoms with van der Waals surface area (Å²) in [6, 6.07) is 10.9. The minimum Gasteiger partial charge on any atom is -0.480 e. The molecule has 1 aromatic heterocycles. The van der Waals surface area contributed by atoms with Gasteiger partial charge < -0.3 is 10.1 Å². The van der Waals surface area contributed by atoms with Gasteiger partial charge in [-0.3, -0.25) is 4.79 Å². The Morgan fingerprint density at radius 3 is 2.68 bits per heavy atom. The quantitative estimate of drug-likeness (QED) is 0.880. The van der Waals surface area contributed by atoms with Gasteiger partial charge in [0.2, 0.25) is 5.88 Å². The van der Waals surface area contributed by atoms with Crippen molar-refractivity contribution in [2.75, 3.05) is 12.4 Å². The first-order valence-electron chi connectivity index (χ1n) is 5.70. The van der Waals surface area contributed by atoms with Crippen LogP contribution in [-0.4, -0.2) is 18.0 Å². The zero-order valence-corrected chi connectivity index (χ0v) is 12.0. The molecule has 1 amide bonds. The number of aromatic nitrogens is 1. The lowest BCUT2D eigenvalue weighted by Gasteiger charge is -2.08. The van der Waals surface area contributed by atoms with Crippen LogP contribution >= 0.6 is 15.9 Å². The summed E-state index contributed by atoms with van der Waals surface area (Å²) in [5.41, 5.74) is 2.27. The fourth-order valence-electron chi connectivity index (χ4n) is 1.59. The molecule has 0 atom stereocenters. The van der Waals surface area contributed by atoms with Crippen molar-refractivity contribution in [3.8, 4) is 5.88 Å². The number of halogens is 1. The SMILES string of the molecule is COc1ncccc1NC(=O)c1ccc(CBr)cc1. The monoisotopic (exact) mass is 320 g/mol. The zero-order valence-electron chi connectivity index (χ0n) is 10.4. The second kappa shape index (κ2) is 6.33. The van der Waals surface area contributed by atoms with Gasteiger partial charge in [-0.15, -0.1) is 0 Å². The van der Waals surface area contributed by atoms with Gasteiger partial charge in [0.15, 0.2) is 0 Å². The van der Waals surface area contributed by atoms with E-state index < -0.39 is 0 Å². The maximum Gasteiger partial charge on any atom is 0.255 e. The van der Waals surface area contributed by atoms with E-state index in [-0.39, 0.29) is 5.91 Å². The Hall–Kier alpha value is -1.88. The van der Waals surface area contributed by atoms with Gasteiger partial charge in [0, 0.05) is 17.1 Å². The number of carbonyl (C=O) groups excluding carboxylic acids is 1. The molecule has 5 heteroatoms. The molecule has 0 aliphatic heterocycles. The van der Waals surface area contributed by atoms with Gasteiger partial charge in [-0.1, -0.05) is 28.1 Å². The third-order valence-electron chi connectivity index (χ3n) is 2.58. The molecular formula is C14H13BrN2O2. The van der Waals surface area contributed by atoms with Gasteiger partial charge in [-0.05, 0) is 29.8 Å². The van der Waals surface area contributed by atoms with Crippen LogP contribution in [0, 0.1) is 0 Å². The fraction of sp³-hybridized carbons (Fsp3) is 0.143. The Morgan fingerprint density at radius 1 is 1.32 bits per heavy atom. The largest absolute Gasteiger partial charge is 0.480 e. The van der Waals surface area contributed by atoms with Crippen LogP contribution in [0.2, 0.25) is 0 Å². The first-order valence-corrected chi connectivity index (χ1v) is 6.82. The summed E-state index contributed by atoms with van der Waals surface area (Å²) in [7, 11) is 1.52. The number of rotatable bonds is 4. The summed E-state index contributed by atoms with van der Waals surface area (Å²) in [6.45, 7) is 0. The Labute approximate surface area is 119 Å². The van der Waals surface area contributed by atoms with E-state index in [1.54, 1.807) is 30.5 Å². The van der Waals surface area contributed by atoms with Crippen molar-refractivity contribution in [2.24, 2.45) is 0 Å². The number of nitrogens with zero attached hydrogens (tertiary/aromatic N) is 1. The first-order chi connectivity index (χ1) is 9.24. The molecule has 1 N–H and O–H groups in total. The molecule has 0 radical (unpaired) electrons. The van der Waals surface area contributed by atoms with E-state index in [1.165, 1.54) is 7.11 Å². The van der Waals surface area contributed by atoms with Crippen molar-refractivity contribution >= 4 is 27.5 Å². The predicted octanol–water partition coefficient (Wildman–Crippen LogP) is 3.24. The van der Waals surface area contributed by atoms with E-state index in [2.05, 4.69) is 26.2 Å². The van der Waals surface area contributed by atoms with E-state index in [0.29, 0.717) is 17.1 Å². The normalized spacial score (nSPS) is 10.0. The van der Waals surface area contributed by atoms with Crippen LogP contribution in [0.25, 0.3) is 0 Å². The number of amides is 1. The van der Waals surface area contributed by atoms with Crippen LogP contribution in [0.3, 0.4) is 0 Å². The van der Waals surface area contributed by atoms with Crippen molar-refractivity contribution in [3.63, 3.8) is 0 Å². The van der Waals surface area contributed by atoms with E-state index in [4.69, 9.17) is 4.74 Å². The highest BCUT2D eigenvalue weighted by Crippen LogP contribution is 2.20. The number of nitrogens with one attached hydrogen (secondary N) is 1. The Balaban J connectivity index is 2.16. The summed E-state index contributed by atoms with van der Waals surface area (Å²) in [6.07, 6.45) is 1.61. The van der Waals surface area contributed by atoms with Gasteiger partial charge in [0.25, 0.3) is 5.91 Å². The molecule has 0 aliphatic carbocycles. The minimum atomic E-state index is -0.188. The number of benzene rings is 1. The summed E-state index contributed by atoms with van der Waals surface area (Å²) in [5, 5.41) is 3.55. The second-order valence-electron chi connectivity index (χ2n) is 3.84. The van der Waals surface area contributed by atoms with Crippen LogP contribution in [0.4, 0.5) is 5.69 Å². The van der Waals surface area contributed by atoms with E-state index in [1.807, 2.05) is 12.1 Å². The Bertz CT molecular complexity index is 570. The zero-order chi connectivity index (χ0) is 13.7. The minimum absolute atomic E-state index is 0.188. The maximum absolute atomic E-state index is 12.1. The lowest BCUT2D eigenvalue weighted by molar-refractivity contribution is 0.102. The highest BCUT2D eigenvalue weighted by atomic mass is 79.9. The second-order valence-corrected chi connectivity index (χ2v) is 4.41. The number of hydrogen-bond acceptors (Lipinski definition) is 3. The van der Waals surface area contributed by atoms with Crippen LogP contribution < -0.4 is 10.1 Å². The van der Waals surface area contributed by atoms with Gasteiger partial charge in [-0.2, -0.15) is 0 Å². The van der Waals surface area contributed by atoms with Crippen LogP contribution in [0.1, 0.15) is 15.9 Å². The van der Waals surface area contributed by atoms with Gasteiger partial charge >= 0.3 is 0 Å². The lowest BCUT2D eigenvalue weighted by Crippen LogP contribution is -2.12. The average molecular weight is 321 g/mol. The molecule has 2 aromatic rings. The molecule has 98 valence electrons. The van der Waals surface area contributed by atoms with Crippen LogP contribution in [0.15, 0.2) is 42.6 Å². The molecule has 1 aromatic carbocycles. The maximum atomic E-state index is 12.1.